The molecule has 0 atom stereocenters. The molecular weight excluding hydrogens is 377 g/mol. The standard InChI is InChI=1S/C16H12IN3O/c17-12-4-1-6-14(10-12)20-9-3-7-15(20)16(21)19-13-5-2-8-18-11-13/h1-11H,(H,19,21). The van der Waals surface area contributed by atoms with E-state index in [1.54, 1.807) is 24.5 Å². The van der Waals surface area contributed by atoms with Gasteiger partial charge in [-0.3, -0.25) is 9.78 Å². The molecule has 1 N–H and O–H groups in total. The van der Waals surface area contributed by atoms with E-state index in [9.17, 15) is 4.79 Å². The largest absolute Gasteiger partial charge is 0.319 e. The van der Waals surface area contributed by atoms with Crippen molar-refractivity contribution in [2.75, 3.05) is 5.32 Å². The summed E-state index contributed by atoms with van der Waals surface area (Å²) in [5, 5.41) is 2.84. The number of pyridine rings is 1. The summed E-state index contributed by atoms with van der Waals surface area (Å²) in [4.78, 5) is 16.4. The molecule has 0 radical (unpaired) electrons. The molecule has 0 spiro atoms. The highest BCUT2D eigenvalue weighted by atomic mass is 127. The van der Waals surface area contributed by atoms with Crippen LogP contribution in [0.15, 0.2) is 67.1 Å². The lowest BCUT2D eigenvalue weighted by Gasteiger charge is -2.10. The summed E-state index contributed by atoms with van der Waals surface area (Å²) in [6.45, 7) is 0. The summed E-state index contributed by atoms with van der Waals surface area (Å²) < 4.78 is 2.99. The number of carbonyl (C=O) groups is 1. The average molecular weight is 389 g/mol. The van der Waals surface area contributed by atoms with E-state index in [0.717, 1.165) is 9.26 Å². The number of anilines is 1. The molecule has 3 aromatic rings. The predicted octanol–water partition coefficient (Wildman–Crippen LogP) is 3.73. The third-order valence-corrected chi connectivity index (χ3v) is 3.66. The summed E-state index contributed by atoms with van der Waals surface area (Å²) in [5.41, 5.74) is 2.22. The molecule has 0 aliphatic rings. The highest BCUT2D eigenvalue weighted by molar-refractivity contribution is 14.1. The van der Waals surface area contributed by atoms with Gasteiger partial charge in [-0.15, -0.1) is 0 Å². The second kappa shape index (κ2) is 6.09. The van der Waals surface area contributed by atoms with Crippen LogP contribution < -0.4 is 5.32 Å². The second-order valence-corrected chi connectivity index (χ2v) is 5.68. The Balaban J connectivity index is 1.90. The Hall–Kier alpha value is -2.15. The van der Waals surface area contributed by atoms with Gasteiger partial charge < -0.3 is 9.88 Å². The number of nitrogens with zero attached hydrogens (tertiary/aromatic N) is 2. The Morgan fingerprint density at radius 1 is 1.14 bits per heavy atom. The van der Waals surface area contributed by atoms with Gasteiger partial charge in [0.15, 0.2) is 0 Å². The molecule has 5 heteroatoms. The van der Waals surface area contributed by atoms with E-state index in [2.05, 4.69) is 32.9 Å². The van der Waals surface area contributed by atoms with Gasteiger partial charge in [0.25, 0.3) is 5.91 Å². The molecule has 0 aliphatic carbocycles. The van der Waals surface area contributed by atoms with Crippen LogP contribution in [-0.2, 0) is 0 Å². The Morgan fingerprint density at radius 3 is 2.81 bits per heavy atom. The number of aromatic nitrogens is 2. The van der Waals surface area contributed by atoms with Crippen LogP contribution in [-0.4, -0.2) is 15.5 Å². The van der Waals surface area contributed by atoms with Gasteiger partial charge in [-0.2, -0.15) is 0 Å². The van der Waals surface area contributed by atoms with E-state index in [1.807, 2.05) is 47.2 Å². The van der Waals surface area contributed by atoms with Gasteiger partial charge in [-0.1, -0.05) is 6.07 Å². The van der Waals surface area contributed by atoms with Crippen molar-refractivity contribution in [1.29, 1.82) is 0 Å². The number of halogens is 1. The van der Waals surface area contributed by atoms with E-state index < -0.39 is 0 Å². The van der Waals surface area contributed by atoms with Gasteiger partial charge >= 0.3 is 0 Å². The van der Waals surface area contributed by atoms with Crippen LogP contribution in [0, 0.1) is 3.57 Å². The Labute approximate surface area is 136 Å². The second-order valence-electron chi connectivity index (χ2n) is 4.44. The van der Waals surface area contributed by atoms with Crippen molar-refractivity contribution in [2.24, 2.45) is 0 Å². The molecule has 0 saturated carbocycles. The molecule has 3 rings (SSSR count). The van der Waals surface area contributed by atoms with Crippen molar-refractivity contribution in [3.05, 3.63) is 76.4 Å². The quantitative estimate of drug-likeness (QED) is 0.694. The van der Waals surface area contributed by atoms with Crippen molar-refractivity contribution >= 4 is 34.2 Å². The average Bonchev–Trinajstić information content (AvgIpc) is 2.98. The maximum absolute atomic E-state index is 12.4. The molecule has 2 heterocycles. The van der Waals surface area contributed by atoms with Crippen LogP contribution in [0.3, 0.4) is 0 Å². The number of nitrogens with one attached hydrogen (secondary N) is 1. The van der Waals surface area contributed by atoms with Crippen LogP contribution in [0.1, 0.15) is 10.5 Å². The number of carbonyl (C=O) groups excluding carboxylic acids is 1. The minimum Gasteiger partial charge on any atom is -0.319 e. The van der Waals surface area contributed by atoms with Gasteiger partial charge in [0.1, 0.15) is 5.69 Å². The van der Waals surface area contributed by atoms with Crippen LogP contribution >= 0.6 is 22.6 Å². The molecule has 1 aromatic carbocycles. The van der Waals surface area contributed by atoms with Crippen molar-refractivity contribution in [3.63, 3.8) is 0 Å². The van der Waals surface area contributed by atoms with Crippen molar-refractivity contribution < 1.29 is 4.79 Å². The molecule has 0 saturated heterocycles. The van der Waals surface area contributed by atoms with Crippen LogP contribution in [0.4, 0.5) is 5.69 Å². The smallest absolute Gasteiger partial charge is 0.272 e. The predicted molar refractivity (Wildman–Crippen MR) is 90.7 cm³/mol. The van der Waals surface area contributed by atoms with Gasteiger partial charge in [0.2, 0.25) is 0 Å². The molecule has 2 aromatic heterocycles. The zero-order valence-electron chi connectivity index (χ0n) is 11.0. The van der Waals surface area contributed by atoms with Gasteiger partial charge in [0, 0.05) is 21.7 Å². The van der Waals surface area contributed by atoms with Crippen molar-refractivity contribution in [2.45, 2.75) is 0 Å². The fraction of sp³-hybridized carbons (Fsp3) is 0. The summed E-state index contributed by atoms with van der Waals surface area (Å²) in [6, 6.07) is 15.2. The van der Waals surface area contributed by atoms with Crippen molar-refractivity contribution in [1.82, 2.24) is 9.55 Å². The van der Waals surface area contributed by atoms with Crippen LogP contribution in [0.2, 0.25) is 0 Å². The Morgan fingerprint density at radius 2 is 2.05 bits per heavy atom. The van der Waals surface area contributed by atoms with Gasteiger partial charge in [-0.25, -0.2) is 0 Å². The highest BCUT2D eigenvalue weighted by Gasteiger charge is 2.12. The highest BCUT2D eigenvalue weighted by Crippen LogP contribution is 2.17. The summed E-state index contributed by atoms with van der Waals surface area (Å²) in [5.74, 6) is -0.160. The van der Waals surface area contributed by atoms with Gasteiger partial charge in [0.05, 0.1) is 11.9 Å². The third kappa shape index (κ3) is 3.13. The molecule has 0 unspecified atom stereocenters. The molecule has 1 amide bonds. The van der Waals surface area contributed by atoms with E-state index in [4.69, 9.17) is 0 Å². The lowest BCUT2D eigenvalue weighted by molar-refractivity contribution is 0.102. The first-order valence-electron chi connectivity index (χ1n) is 6.39. The maximum atomic E-state index is 12.4. The van der Waals surface area contributed by atoms with E-state index in [-0.39, 0.29) is 5.91 Å². The molecular formula is C16H12IN3O. The van der Waals surface area contributed by atoms with Gasteiger partial charge in [-0.05, 0) is 65.1 Å². The first-order chi connectivity index (χ1) is 10.2. The normalized spacial score (nSPS) is 10.3. The van der Waals surface area contributed by atoms with Crippen LogP contribution in [0.25, 0.3) is 5.69 Å². The van der Waals surface area contributed by atoms with Crippen molar-refractivity contribution in [3.8, 4) is 5.69 Å². The SMILES string of the molecule is O=C(Nc1cccnc1)c1cccn1-c1cccc(I)c1. The fourth-order valence-corrected chi connectivity index (χ4v) is 2.58. The summed E-state index contributed by atoms with van der Waals surface area (Å²) in [7, 11) is 0. The minimum atomic E-state index is -0.160. The number of amides is 1. The number of benzene rings is 1. The van der Waals surface area contributed by atoms with E-state index in [1.165, 1.54) is 0 Å². The first-order valence-corrected chi connectivity index (χ1v) is 7.46. The molecule has 21 heavy (non-hydrogen) atoms. The molecule has 0 fully saturated rings. The van der Waals surface area contributed by atoms with E-state index >= 15 is 0 Å². The topological polar surface area (TPSA) is 46.9 Å². The number of rotatable bonds is 3. The molecule has 0 bridgehead atoms. The lowest BCUT2D eigenvalue weighted by Crippen LogP contribution is -2.16. The molecule has 4 nitrogen and oxygen atoms in total. The third-order valence-electron chi connectivity index (χ3n) is 2.99. The first kappa shape index (κ1) is 13.8. The maximum Gasteiger partial charge on any atom is 0.272 e. The molecule has 0 aliphatic heterocycles. The monoisotopic (exact) mass is 389 g/mol. The van der Waals surface area contributed by atoms with Crippen LogP contribution in [0.5, 0.6) is 0 Å². The van der Waals surface area contributed by atoms with E-state index in [0.29, 0.717) is 11.4 Å². The minimum absolute atomic E-state index is 0.160. The molecule has 104 valence electrons. The number of hydrogen-bond donors (Lipinski definition) is 1. The number of hydrogen-bond acceptors (Lipinski definition) is 2. The fourth-order valence-electron chi connectivity index (χ4n) is 2.05. The Kier molecular flexibility index (Phi) is 4.01. The lowest BCUT2D eigenvalue weighted by atomic mass is 10.3. The zero-order chi connectivity index (χ0) is 14.7. The Bertz CT molecular complexity index is 768. The zero-order valence-corrected chi connectivity index (χ0v) is 13.2. The summed E-state index contributed by atoms with van der Waals surface area (Å²) in [6.07, 6.45) is 5.17. The summed E-state index contributed by atoms with van der Waals surface area (Å²) >= 11 is 2.26.